The molecule has 0 aromatic heterocycles. The lowest BCUT2D eigenvalue weighted by Gasteiger charge is -2.17. The first-order valence-electron chi connectivity index (χ1n) is 3.29. The second-order valence-corrected chi connectivity index (χ2v) is 2.65. The molecule has 0 N–H and O–H groups in total. The lowest BCUT2D eigenvalue weighted by Crippen LogP contribution is -2.19. The Morgan fingerprint density at radius 3 is 2.56 bits per heavy atom. The van der Waals surface area contributed by atoms with Gasteiger partial charge in [0.1, 0.15) is 0 Å². The lowest BCUT2D eigenvalue weighted by atomic mass is 9.92. The molecule has 0 fully saturated rings. The van der Waals surface area contributed by atoms with Gasteiger partial charge in [0.15, 0.2) is 0 Å². The second kappa shape index (κ2) is 2.29. The maximum atomic E-state index is 3.95. The molecule has 0 spiro atoms. The van der Waals surface area contributed by atoms with Crippen molar-refractivity contribution >= 4 is 11.9 Å². The van der Waals surface area contributed by atoms with Crippen LogP contribution in [0.2, 0.25) is 0 Å². The van der Waals surface area contributed by atoms with Crippen LogP contribution in [0.25, 0.3) is 0 Å². The van der Waals surface area contributed by atoms with Crippen molar-refractivity contribution in [2.45, 2.75) is 20.8 Å². The zero-order valence-electron chi connectivity index (χ0n) is 6.13. The van der Waals surface area contributed by atoms with Gasteiger partial charge in [-0.3, -0.25) is 0 Å². The topological polar surface area (TPSA) is 24.7 Å². The third-order valence-corrected chi connectivity index (χ3v) is 1.96. The van der Waals surface area contributed by atoms with Crippen molar-refractivity contribution in [3.63, 3.8) is 0 Å². The lowest BCUT2D eigenvalue weighted by molar-refractivity contribution is 0.617. The Labute approximate surface area is 55.7 Å². The van der Waals surface area contributed by atoms with Crippen molar-refractivity contribution in [3.8, 4) is 0 Å². The molecule has 0 amide bonds. The summed E-state index contributed by atoms with van der Waals surface area (Å²) in [6.45, 7) is 6.36. The largest absolute Gasteiger partial charge is 0.163 e. The van der Waals surface area contributed by atoms with Crippen molar-refractivity contribution in [2.75, 3.05) is 0 Å². The van der Waals surface area contributed by atoms with Crippen molar-refractivity contribution in [3.05, 3.63) is 0 Å². The van der Waals surface area contributed by atoms with Crippen LogP contribution in [-0.4, -0.2) is 11.9 Å². The number of nitrogens with zero attached hydrogens (tertiary/aromatic N) is 2. The molecule has 0 aromatic carbocycles. The van der Waals surface area contributed by atoms with E-state index in [1.807, 2.05) is 13.1 Å². The highest BCUT2D eigenvalue weighted by Crippen LogP contribution is 2.14. The molecule has 0 aliphatic carbocycles. The van der Waals surface area contributed by atoms with Gasteiger partial charge in [0.25, 0.3) is 0 Å². The van der Waals surface area contributed by atoms with Crippen molar-refractivity contribution < 1.29 is 0 Å². The predicted molar refractivity (Wildman–Crippen MR) is 39.9 cm³/mol. The maximum Gasteiger partial charge on any atom is 0.0409 e. The van der Waals surface area contributed by atoms with Crippen molar-refractivity contribution in [1.82, 2.24) is 0 Å². The molecular formula is C7H12N2. The van der Waals surface area contributed by atoms with E-state index in [-0.39, 0.29) is 0 Å². The summed E-state index contributed by atoms with van der Waals surface area (Å²) in [6, 6.07) is 0. The van der Waals surface area contributed by atoms with E-state index < -0.39 is 0 Å². The standard InChI is InChI=1S/C7H12N2/c1-5-4-8-9-7(3)6(5)2/h4-6H,1-3H3. The molecule has 0 aromatic rings. The van der Waals surface area contributed by atoms with Crippen LogP contribution < -0.4 is 0 Å². The Bertz CT molecular complexity index is 158. The van der Waals surface area contributed by atoms with Crippen LogP contribution in [0.15, 0.2) is 10.2 Å². The Morgan fingerprint density at radius 1 is 1.44 bits per heavy atom. The van der Waals surface area contributed by atoms with Gasteiger partial charge in [-0.25, -0.2) is 0 Å². The van der Waals surface area contributed by atoms with Crippen LogP contribution in [0.1, 0.15) is 20.8 Å². The first kappa shape index (κ1) is 6.46. The molecule has 0 bridgehead atoms. The van der Waals surface area contributed by atoms with Crippen LogP contribution in [0.5, 0.6) is 0 Å². The first-order valence-corrected chi connectivity index (χ1v) is 3.29. The third-order valence-electron chi connectivity index (χ3n) is 1.96. The Morgan fingerprint density at radius 2 is 2.11 bits per heavy atom. The molecule has 2 heteroatoms. The normalized spacial score (nSPS) is 34.3. The van der Waals surface area contributed by atoms with E-state index in [1.54, 1.807) is 0 Å². The van der Waals surface area contributed by atoms with Crippen LogP contribution in [0.3, 0.4) is 0 Å². The smallest absolute Gasteiger partial charge is 0.0409 e. The minimum Gasteiger partial charge on any atom is -0.163 e. The zero-order valence-corrected chi connectivity index (χ0v) is 6.13. The molecule has 2 atom stereocenters. The third kappa shape index (κ3) is 1.18. The Hall–Kier alpha value is -0.660. The van der Waals surface area contributed by atoms with E-state index in [1.165, 1.54) is 0 Å². The summed E-state index contributed by atoms with van der Waals surface area (Å²) >= 11 is 0. The molecule has 1 aliphatic rings. The summed E-state index contributed by atoms with van der Waals surface area (Å²) in [5, 5.41) is 7.80. The van der Waals surface area contributed by atoms with Gasteiger partial charge in [-0.15, -0.1) is 0 Å². The van der Waals surface area contributed by atoms with Gasteiger partial charge < -0.3 is 0 Å². The first-order chi connectivity index (χ1) is 4.22. The molecule has 0 radical (unpaired) electrons. The monoisotopic (exact) mass is 124 g/mol. The fourth-order valence-electron chi connectivity index (χ4n) is 0.830. The average Bonchev–Trinajstić information content (AvgIpc) is 1.83. The van der Waals surface area contributed by atoms with Crippen molar-refractivity contribution in [1.29, 1.82) is 0 Å². The van der Waals surface area contributed by atoms with E-state index in [2.05, 4.69) is 24.1 Å². The molecule has 0 saturated carbocycles. The highest BCUT2D eigenvalue weighted by molar-refractivity contribution is 5.88. The van der Waals surface area contributed by atoms with E-state index in [0.29, 0.717) is 11.8 Å². The molecule has 2 unspecified atom stereocenters. The van der Waals surface area contributed by atoms with Gasteiger partial charge in [0.05, 0.1) is 0 Å². The van der Waals surface area contributed by atoms with Crippen molar-refractivity contribution in [2.24, 2.45) is 22.0 Å². The van der Waals surface area contributed by atoms with E-state index in [4.69, 9.17) is 0 Å². The van der Waals surface area contributed by atoms with E-state index in [0.717, 1.165) is 5.71 Å². The molecule has 0 saturated heterocycles. The summed E-state index contributed by atoms with van der Waals surface area (Å²) in [4.78, 5) is 0. The van der Waals surface area contributed by atoms with Crippen LogP contribution in [0.4, 0.5) is 0 Å². The minimum atomic E-state index is 0.558. The molecule has 2 nitrogen and oxygen atoms in total. The van der Waals surface area contributed by atoms with Crippen LogP contribution in [0, 0.1) is 11.8 Å². The van der Waals surface area contributed by atoms with E-state index in [9.17, 15) is 0 Å². The number of hydrogen-bond acceptors (Lipinski definition) is 2. The summed E-state index contributed by atoms with van der Waals surface area (Å²) in [5.74, 6) is 1.13. The fraction of sp³-hybridized carbons (Fsp3) is 0.714. The van der Waals surface area contributed by atoms with Crippen LogP contribution >= 0.6 is 0 Å². The summed E-state index contributed by atoms with van der Waals surface area (Å²) in [7, 11) is 0. The summed E-state index contributed by atoms with van der Waals surface area (Å²) in [5.41, 5.74) is 1.14. The summed E-state index contributed by atoms with van der Waals surface area (Å²) in [6.07, 6.45) is 1.90. The number of hydrogen-bond donors (Lipinski definition) is 0. The molecule has 50 valence electrons. The maximum absolute atomic E-state index is 3.95. The Balaban J connectivity index is 2.73. The average molecular weight is 124 g/mol. The minimum absolute atomic E-state index is 0.558. The molecule has 1 aliphatic heterocycles. The zero-order chi connectivity index (χ0) is 6.85. The van der Waals surface area contributed by atoms with Crippen LogP contribution in [-0.2, 0) is 0 Å². The molecule has 1 rings (SSSR count). The fourth-order valence-corrected chi connectivity index (χ4v) is 0.830. The number of rotatable bonds is 0. The summed E-state index contributed by atoms with van der Waals surface area (Å²) < 4.78 is 0. The molecule has 1 heterocycles. The molecule has 9 heavy (non-hydrogen) atoms. The van der Waals surface area contributed by atoms with Gasteiger partial charge in [-0.05, 0) is 6.92 Å². The Kier molecular flexibility index (Phi) is 1.65. The highest BCUT2D eigenvalue weighted by atomic mass is 15.2. The quantitative estimate of drug-likeness (QED) is 0.469. The molecular weight excluding hydrogens is 112 g/mol. The van der Waals surface area contributed by atoms with Gasteiger partial charge in [0.2, 0.25) is 0 Å². The predicted octanol–water partition coefficient (Wildman–Crippen LogP) is 1.72. The van der Waals surface area contributed by atoms with E-state index >= 15 is 0 Å². The van der Waals surface area contributed by atoms with Gasteiger partial charge >= 0.3 is 0 Å². The second-order valence-electron chi connectivity index (χ2n) is 2.65. The van der Waals surface area contributed by atoms with Gasteiger partial charge in [0, 0.05) is 23.8 Å². The van der Waals surface area contributed by atoms with Gasteiger partial charge in [-0.1, -0.05) is 13.8 Å². The SMILES string of the molecule is CC1=NN=CC(C)C1C. The van der Waals surface area contributed by atoms with Gasteiger partial charge in [-0.2, -0.15) is 10.2 Å². The highest BCUT2D eigenvalue weighted by Gasteiger charge is 2.15.